The molecular weight excluding hydrogens is 357 g/mol. The minimum atomic E-state index is -0.820. The van der Waals surface area contributed by atoms with E-state index in [4.69, 9.17) is 0 Å². The molecule has 1 aliphatic carbocycles. The normalized spacial score (nSPS) is 23.2. The highest BCUT2D eigenvalue weighted by molar-refractivity contribution is 5.86. The average molecular weight is 383 g/mol. The predicted octanol–water partition coefficient (Wildman–Crippen LogP) is 3.25. The van der Waals surface area contributed by atoms with Gasteiger partial charge in [0.05, 0.1) is 6.07 Å². The van der Waals surface area contributed by atoms with E-state index in [1.807, 2.05) is 15.9 Å². The molecule has 4 rings (SSSR count). The third-order valence-electron chi connectivity index (χ3n) is 6.86. The molecule has 0 aromatic heterocycles. The van der Waals surface area contributed by atoms with E-state index in [1.54, 1.807) is 6.07 Å². The van der Waals surface area contributed by atoms with Gasteiger partial charge in [0.2, 0.25) is 11.8 Å². The van der Waals surface area contributed by atoms with Gasteiger partial charge in [-0.3, -0.25) is 9.59 Å². The second-order valence-corrected chi connectivity index (χ2v) is 8.75. The molecule has 1 aromatic rings. The summed E-state index contributed by atoms with van der Waals surface area (Å²) in [5.74, 6) is -0.194. The molecule has 0 N–H and O–H groups in total. The van der Waals surface area contributed by atoms with Crippen molar-refractivity contribution in [3.8, 4) is 6.07 Å². The number of hydrogen-bond donors (Lipinski definition) is 0. The fraction of sp³-hybridized carbons (Fsp3) is 0.591. The molecule has 2 amide bonds. The fourth-order valence-electron chi connectivity index (χ4n) is 5.16. The molecule has 2 heterocycles. The summed E-state index contributed by atoms with van der Waals surface area (Å²) in [6, 6.07) is 8.68. The van der Waals surface area contributed by atoms with Crippen molar-refractivity contribution in [1.82, 2.24) is 9.80 Å². The van der Waals surface area contributed by atoms with Crippen LogP contribution >= 0.6 is 0 Å². The summed E-state index contributed by atoms with van der Waals surface area (Å²) in [5.41, 5.74) is -0.119. The van der Waals surface area contributed by atoms with E-state index < -0.39 is 5.41 Å². The number of nitrogens with zero attached hydrogens (tertiary/aromatic N) is 3. The number of benzene rings is 1. The average Bonchev–Trinajstić information content (AvgIpc) is 3.28. The number of nitriles is 1. The zero-order valence-electron chi connectivity index (χ0n) is 16.1. The number of carbonyl (C=O) groups excluding carboxylic acids is 2. The Bertz CT molecular complexity index is 817. The van der Waals surface area contributed by atoms with Crippen molar-refractivity contribution < 1.29 is 14.0 Å². The topological polar surface area (TPSA) is 64.4 Å². The van der Waals surface area contributed by atoms with Gasteiger partial charge in [-0.2, -0.15) is 5.26 Å². The number of halogens is 1. The van der Waals surface area contributed by atoms with Crippen molar-refractivity contribution in [3.63, 3.8) is 0 Å². The summed E-state index contributed by atoms with van der Waals surface area (Å²) in [6.07, 6.45) is 5.29. The first-order chi connectivity index (χ1) is 13.5. The van der Waals surface area contributed by atoms with Crippen LogP contribution in [0.1, 0.15) is 50.5 Å². The Kier molecular flexibility index (Phi) is 4.86. The van der Waals surface area contributed by atoms with Crippen LogP contribution in [0.15, 0.2) is 24.3 Å². The summed E-state index contributed by atoms with van der Waals surface area (Å²) in [5, 5.41) is 9.58. The van der Waals surface area contributed by atoms with Crippen LogP contribution in [0.25, 0.3) is 0 Å². The number of piperidine rings is 1. The molecule has 6 heteroatoms. The summed E-state index contributed by atoms with van der Waals surface area (Å²) in [7, 11) is 0. The van der Waals surface area contributed by atoms with Gasteiger partial charge < -0.3 is 9.80 Å². The highest BCUT2D eigenvalue weighted by atomic mass is 19.1. The molecular formula is C22H26FN3O2. The summed E-state index contributed by atoms with van der Waals surface area (Å²) >= 11 is 0. The SMILES string of the molecule is N#CC1(C(=O)N2CCC3(CC2)CC(=O)N(Cc2cccc(F)c2)C3)CCCC1. The van der Waals surface area contributed by atoms with Gasteiger partial charge in [-0.05, 0) is 43.4 Å². The van der Waals surface area contributed by atoms with Crippen LogP contribution in [0, 0.1) is 28.0 Å². The monoisotopic (exact) mass is 383 g/mol. The lowest BCUT2D eigenvalue weighted by atomic mass is 9.76. The van der Waals surface area contributed by atoms with Crippen molar-refractivity contribution in [1.29, 1.82) is 5.26 Å². The minimum Gasteiger partial charge on any atom is -0.341 e. The van der Waals surface area contributed by atoms with Crippen molar-refractivity contribution in [2.45, 2.75) is 51.5 Å². The summed E-state index contributed by atoms with van der Waals surface area (Å²) in [4.78, 5) is 29.2. The molecule has 3 aliphatic rings. The van der Waals surface area contributed by atoms with E-state index in [2.05, 4.69) is 6.07 Å². The Balaban J connectivity index is 1.38. The van der Waals surface area contributed by atoms with E-state index in [9.17, 15) is 19.2 Å². The zero-order chi connectivity index (χ0) is 19.8. The van der Waals surface area contributed by atoms with Crippen LogP contribution in [0.4, 0.5) is 4.39 Å². The van der Waals surface area contributed by atoms with Crippen molar-refractivity contribution in [2.24, 2.45) is 10.8 Å². The molecule has 2 saturated heterocycles. The van der Waals surface area contributed by atoms with Gasteiger partial charge in [-0.1, -0.05) is 25.0 Å². The molecule has 1 saturated carbocycles. The minimum absolute atomic E-state index is 0.0108. The first-order valence-electron chi connectivity index (χ1n) is 10.2. The van der Waals surface area contributed by atoms with Crippen molar-refractivity contribution in [3.05, 3.63) is 35.6 Å². The zero-order valence-corrected chi connectivity index (χ0v) is 16.1. The molecule has 148 valence electrons. The Morgan fingerprint density at radius 3 is 2.54 bits per heavy atom. The first kappa shape index (κ1) is 18.9. The summed E-state index contributed by atoms with van der Waals surface area (Å²) in [6.45, 7) is 2.32. The number of carbonyl (C=O) groups is 2. The predicted molar refractivity (Wildman–Crippen MR) is 101 cm³/mol. The van der Waals surface area contributed by atoms with Gasteiger partial charge in [0, 0.05) is 38.0 Å². The molecule has 0 unspecified atom stereocenters. The maximum Gasteiger partial charge on any atom is 0.243 e. The lowest BCUT2D eigenvalue weighted by molar-refractivity contribution is -0.141. The van der Waals surface area contributed by atoms with Crippen molar-refractivity contribution >= 4 is 11.8 Å². The van der Waals surface area contributed by atoms with Crippen LogP contribution in [0.3, 0.4) is 0 Å². The molecule has 1 spiro atoms. The van der Waals surface area contributed by atoms with Gasteiger partial charge in [0.1, 0.15) is 11.2 Å². The van der Waals surface area contributed by atoms with Gasteiger partial charge in [0.15, 0.2) is 0 Å². The Morgan fingerprint density at radius 2 is 1.89 bits per heavy atom. The molecule has 0 bridgehead atoms. The molecule has 5 nitrogen and oxygen atoms in total. The number of hydrogen-bond acceptors (Lipinski definition) is 3. The highest BCUT2D eigenvalue weighted by Crippen LogP contribution is 2.44. The smallest absolute Gasteiger partial charge is 0.243 e. The van der Waals surface area contributed by atoms with Gasteiger partial charge in [0.25, 0.3) is 0 Å². The molecule has 1 aromatic carbocycles. The van der Waals surface area contributed by atoms with Crippen LogP contribution in [-0.2, 0) is 16.1 Å². The standard InChI is InChI=1S/C22H26FN3O2/c23-18-5-3-4-17(12-18)14-26-16-21(13-19(26)27)8-10-25(11-9-21)20(28)22(15-24)6-1-2-7-22/h3-5,12H,1-2,6-11,13-14,16H2. The second kappa shape index (κ2) is 7.20. The van der Waals surface area contributed by atoms with Gasteiger partial charge in [-0.25, -0.2) is 4.39 Å². The van der Waals surface area contributed by atoms with E-state index in [0.717, 1.165) is 31.2 Å². The maximum absolute atomic E-state index is 13.4. The molecule has 3 fully saturated rings. The maximum atomic E-state index is 13.4. The number of amides is 2. The van der Waals surface area contributed by atoms with Crippen LogP contribution in [0.2, 0.25) is 0 Å². The first-order valence-corrected chi connectivity index (χ1v) is 10.2. The third kappa shape index (κ3) is 3.39. The number of likely N-dealkylation sites (tertiary alicyclic amines) is 2. The number of rotatable bonds is 3. The van der Waals surface area contributed by atoms with E-state index in [0.29, 0.717) is 45.4 Å². The Morgan fingerprint density at radius 1 is 1.18 bits per heavy atom. The fourth-order valence-corrected chi connectivity index (χ4v) is 5.16. The largest absolute Gasteiger partial charge is 0.341 e. The van der Waals surface area contributed by atoms with E-state index >= 15 is 0 Å². The quantitative estimate of drug-likeness (QED) is 0.805. The van der Waals surface area contributed by atoms with E-state index in [1.165, 1.54) is 12.1 Å². The second-order valence-electron chi connectivity index (χ2n) is 8.75. The van der Waals surface area contributed by atoms with Crippen molar-refractivity contribution in [2.75, 3.05) is 19.6 Å². The molecule has 28 heavy (non-hydrogen) atoms. The van der Waals surface area contributed by atoms with Gasteiger partial charge in [-0.15, -0.1) is 0 Å². The molecule has 2 aliphatic heterocycles. The lowest BCUT2D eigenvalue weighted by Gasteiger charge is -2.40. The van der Waals surface area contributed by atoms with Crippen LogP contribution in [-0.4, -0.2) is 41.2 Å². The molecule has 0 radical (unpaired) electrons. The molecule has 0 atom stereocenters. The van der Waals surface area contributed by atoms with Gasteiger partial charge >= 0.3 is 0 Å². The Labute approximate surface area is 165 Å². The third-order valence-corrected chi connectivity index (χ3v) is 6.86. The Hall–Kier alpha value is -2.42. The highest BCUT2D eigenvalue weighted by Gasteiger charge is 2.49. The van der Waals surface area contributed by atoms with Crippen LogP contribution < -0.4 is 0 Å². The lowest BCUT2D eigenvalue weighted by Crippen LogP contribution is -2.49. The summed E-state index contributed by atoms with van der Waals surface area (Å²) < 4.78 is 13.4. The van der Waals surface area contributed by atoms with E-state index in [-0.39, 0.29) is 23.0 Å². The van der Waals surface area contributed by atoms with Crippen LogP contribution in [0.5, 0.6) is 0 Å².